The Balaban J connectivity index is 1.78. The zero-order valence-corrected chi connectivity index (χ0v) is 12.3. The molecule has 7 nitrogen and oxygen atoms in total. The summed E-state index contributed by atoms with van der Waals surface area (Å²) in [6.45, 7) is 2.26. The van der Waals surface area contributed by atoms with Gasteiger partial charge >= 0.3 is 0 Å². The van der Waals surface area contributed by atoms with Crippen LogP contribution in [0.2, 0.25) is 0 Å². The van der Waals surface area contributed by atoms with Gasteiger partial charge in [-0.2, -0.15) is 0 Å². The molecule has 1 saturated heterocycles. The van der Waals surface area contributed by atoms with Gasteiger partial charge in [0.15, 0.2) is 0 Å². The molecule has 3 rings (SSSR count). The van der Waals surface area contributed by atoms with E-state index in [0.717, 1.165) is 5.69 Å². The van der Waals surface area contributed by atoms with Crippen molar-refractivity contribution in [1.82, 2.24) is 4.90 Å². The van der Waals surface area contributed by atoms with Gasteiger partial charge in [0.2, 0.25) is 5.91 Å². The lowest BCUT2D eigenvalue weighted by Gasteiger charge is -2.40. The Kier molecular flexibility index (Phi) is 3.54. The van der Waals surface area contributed by atoms with E-state index < -0.39 is 11.7 Å². The van der Waals surface area contributed by atoms with Gasteiger partial charge in [0.25, 0.3) is 5.91 Å². The molecule has 2 amide bonds. The predicted molar refractivity (Wildman–Crippen MR) is 80.7 cm³/mol. The molecule has 0 bridgehead atoms. The highest BCUT2D eigenvalue weighted by Crippen LogP contribution is 2.28. The summed E-state index contributed by atoms with van der Waals surface area (Å²) in [5.41, 5.74) is 0.630. The van der Waals surface area contributed by atoms with Crippen LogP contribution in [0.5, 0.6) is 0 Å². The number of rotatable bonds is 1. The SMILES string of the molecule is C[C@@]1(O)CCN(C(=O)c2ccc3c(c2)NC(=O)CN3)C[C@@H]1O. The maximum atomic E-state index is 12.5. The molecule has 2 heterocycles. The van der Waals surface area contributed by atoms with Gasteiger partial charge in [0.1, 0.15) is 0 Å². The first-order valence-corrected chi connectivity index (χ1v) is 7.24. The number of fused-ring (bicyclic) bond motifs is 1. The van der Waals surface area contributed by atoms with E-state index in [4.69, 9.17) is 0 Å². The summed E-state index contributed by atoms with van der Waals surface area (Å²) in [5, 5.41) is 25.6. The van der Waals surface area contributed by atoms with E-state index in [2.05, 4.69) is 10.6 Å². The zero-order chi connectivity index (χ0) is 15.9. The quantitative estimate of drug-likeness (QED) is 0.585. The molecule has 7 heteroatoms. The van der Waals surface area contributed by atoms with Crippen molar-refractivity contribution in [3.05, 3.63) is 23.8 Å². The molecule has 0 radical (unpaired) electrons. The molecule has 2 atom stereocenters. The Morgan fingerprint density at radius 3 is 2.91 bits per heavy atom. The van der Waals surface area contributed by atoms with Gasteiger partial charge in [0, 0.05) is 18.7 Å². The zero-order valence-electron chi connectivity index (χ0n) is 12.3. The highest BCUT2D eigenvalue weighted by Gasteiger charge is 2.38. The standard InChI is InChI=1S/C15H19N3O4/c1-15(22)4-5-18(8-12(15)19)14(21)9-2-3-10-11(6-9)17-13(20)7-16-10/h2-3,6,12,16,19,22H,4-5,7-8H2,1H3,(H,17,20)/t12-,15+/m0/s1. The van der Waals surface area contributed by atoms with E-state index in [1.54, 1.807) is 25.1 Å². The molecule has 4 N–H and O–H groups in total. The number of piperidine rings is 1. The van der Waals surface area contributed by atoms with E-state index >= 15 is 0 Å². The summed E-state index contributed by atoms with van der Waals surface area (Å²) < 4.78 is 0. The first-order valence-electron chi connectivity index (χ1n) is 7.24. The fourth-order valence-electron chi connectivity index (χ4n) is 2.70. The van der Waals surface area contributed by atoms with Gasteiger partial charge in [-0.05, 0) is 31.5 Å². The Bertz CT molecular complexity index is 629. The highest BCUT2D eigenvalue weighted by molar-refractivity contribution is 6.03. The van der Waals surface area contributed by atoms with Crippen molar-refractivity contribution in [2.24, 2.45) is 0 Å². The minimum atomic E-state index is -1.16. The maximum Gasteiger partial charge on any atom is 0.254 e. The number of nitrogens with zero attached hydrogens (tertiary/aromatic N) is 1. The normalized spacial score (nSPS) is 27.7. The number of nitrogens with one attached hydrogen (secondary N) is 2. The molecule has 118 valence electrons. The lowest BCUT2D eigenvalue weighted by atomic mass is 9.90. The number of hydrogen-bond donors (Lipinski definition) is 4. The Morgan fingerprint density at radius 2 is 2.18 bits per heavy atom. The summed E-state index contributed by atoms with van der Waals surface area (Å²) in [7, 11) is 0. The first-order chi connectivity index (χ1) is 10.4. The number of amides is 2. The summed E-state index contributed by atoms with van der Waals surface area (Å²) in [6, 6.07) is 5.06. The molecule has 2 aliphatic rings. The van der Waals surface area contributed by atoms with Gasteiger partial charge in [0.05, 0.1) is 29.6 Å². The van der Waals surface area contributed by atoms with Crippen LogP contribution in [0.3, 0.4) is 0 Å². The largest absolute Gasteiger partial charge is 0.388 e. The van der Waals surface area contributed by atoms with Crippen LogP contribution in [0.4, 0.5) is 11.4 Å². The molecule has 0 aromatic heterocycles. The molecule has 0 spiro atoms. The topological polar surface area (TPSA) is 102 Å². The molecule has 0 unspecified atom stereocenters. The minimum absolute atomic E-state index is 0.0908. The van der Waals surface area contributed by atoms with Crippen LogP contribution >= 0.6 is 0 Å². The second kappa shape index (κ2) is 5.26. The van der Waals surface area contributed by atoms with Crippen LogP contribution in [0.15, 0.2) is 18.2 Å². The Labute approximate surface area is 127 Å². The van der Waals surface area contributed by atoms with Crippen LogP contribution in [-0.2, 0) is 4.79 Å². The summed E-state index contributed by atoms with van der Waals surface area (Å²) in [6.07, 6.45) is -0.646. The van der Waals surface area contributed by atoms with E-state index in [1.165, 1.54) is 4.90 Å². The lowest BCUT2D eigenvalue weighted by Crippen LogP contribution is -2.55. The van der Waals surface area contributed by atoms with Crippen molar-refractivity contribution in [3.63, 3.8) is 0 Å². The molecule has 1 aromatic carbocycles. The molecule has 2 aliphatic heterocycles. The van der Waals surface area contributed by atoms with Gasteiger partial charge in [-0.3, -0.25) is 9.59 Å². The van der Waals surface area contributed by atoms with Crippen LogP contribution in [0, 0.1) is 0 Å². The van der Waals surface area contributed by atoms with Crippen molar-refractivity contribution in [2.45, 2.75) is 25.0 Å². The van der Waals surface area contributed by atoms with Gasteiger partial charge in [-0.1, -0.05) is 0 Å². The summed E-state index contributed by atoms with van der Waals surface area (Å²) in [5.74, 6) is -0.376. The van der Waals surface area contributed by atoms with Crippen molar-refractivity contribution in [2.75, 3.05) is 30.3 Å². The smallest absolute Gasteiger partial charge is 0.254 e. The van der Waals surface area contributed by atoms with Crippen molar-refractivity contribution in [1.29, 1.82) is 0 Å². The number of carbonyl (C=O) groups excluding carboxylic acids is 2. The molecule has 22 heavy (non-hydrogen) atoms. The third-order valence-corrected chi connectivity index (χ3v) is 4.27. The minimum Gasteiger partial charge on any atom is -0.388 e. The summed E-state index contributed by atoms with van der Waals surface area (Å²) in [4.78, 5) is 25.4. The number of likely N-dealkylation sites (tertiary alicyclic amines) is 1. The maximum absolute atomic E-state index is 12.5. The van der Waals surface area contributed by atoms with Crippen molar-refractivity contribution in [3.8, 4) is 0 Å². The van der Waals surface area contributed by atoms with Gasteiger partial charge in [-0.15, -0.1) is 0 Å². The molecule has 0 aliphatic carbocycles. The fourth-order valence-corrected chi connectivity index (χ4v) is 2.70. The van der Waals surface area contributed by atoms with Crippen molar-refractivity contribution < 1.29 is 19.8 Å². The number of benzene rings is 1. The van der Waals surface area contributed by atoms with Crippen LogP contribution in [0.1, 0.15) is 23.7 Å². The van der Waals surface area contributed by atoms with Gasteiger partial charge < -0.3 is 25.7 Å². The van der Waals surface area contributed by atoms with Crippen LogP contribution in [0.25, 0.3) is 0 Å². The molecule has 1 fully saturated rings. The van der Waals surface area contributed by atoms with E-state index in [1.807, 2.05) is 0 Å². The average molecular weight is 305 g/mol. The molecule has 0 saturated carbocycles. The second-order valence-electron chi connectivity index (χ2n) is 6.04. The van der Waals surface area contributed by atoms with Crippen molar-refractivity contribution >= 4 is 23.2 Å². The number of β-amino-alcohol motifs (C(OH)–C–C–N with tert-alkyl or cyclic N) is 1. The number of aliphatic hydroxyl groups is 2. The number of hydrogen-bond acceptors (Lipinski definition) is 5. The fraction of sp³-hybridized carbons (Fsp3) is 0.467. The van der Waals surface area contributed by atoms with E-state index in [-0.39, 0.29) is 24.9 Å². The second-order valence-corrected chi connectivity index (χ2v) is 6.04. The van der Waals surface area contributed by atoms with Gasteiger partial charge in [-0.25, -0.2) is 0 Å². The van der Waals surface area contributed by atoms with Crippen LogP contribution < -0.4 is 10.6 Å². The third kappa shape index (κ3) is 2.65. The van der Waals surface area contributed by atoms with Crippen LogP contribution in [-0.4, -0.2) is 58.3 Å². The molecule has 1 aromatic rings. The Morgan fingerprint density at radius 1 is 1.41 bits per heavy atom. The molecular formula is C15H19N3O4. The number of aliphatic hydroxyl groups excluding tert-OH is 1. The predicted octanol–water partition coefficient (Wildman–Crippen LogP) is 0.00840. The monoisotopic (exact) mass is 305 g/mol. The lowest BCUT2D eigenvalue weighted by molar-refractivity contribution is -0.114. The first kappa shape index (κ1) is 14.8. The van der Waals surface area contributed by atoms with E-state index in [9.17, 15) is 19.8 Å². The average Bonchev–Trinajstić information content (AvgIpc) is 2.48. The number of anilines is 2. The number of carbonyl (C=O) groups is 2. The Hall–Kier alpha value is -2.12. The summed E-state index contributed by atoms with van der Waals surface area (Å²) >= 11 is 0. The third-order valence-electron chi connectivity index (χ3n) is 4.27. The van der Waals surface area contributed by atoms with E-state index in [0.29, 0.717) is 24.2 Å². The molecular weight excluding hydrogens is 286 g/mol. The highest BCUT2D eigenvalue weighted by atomic mass is 16.3.